The molecule has 1 aliphatic rings. The van der Waals surface area contributed by atoms with Gasteiger partial charge in [-0.25, -0.2) is 0 Å². The third kappa shape index (κ3) is 2.71. The summed E-state index contributed by atoms with van der Waals surface area (Å²) >= 11 is 1.24. The first-order valence-electron chi connectivity index (χ1n) is 6.96. The summed E-state index contributed by atoms with van der Waals surface area (Å²) in [5.41, 5.74) is 1.74. The lowest BCUT2D eigenvalue weighted by Gasteiger charge is -2.24. The van der Waals surface area contributed by atoms with E-state index in [2.05, 4.69) is 14.7 Å². The molecule has 7 heteroatoms. The average molecular weight is 316 g/mol. The molecule has 1 saturated heterocycles. The van der Waals surface area contributed by atoms with E-state index in [1.807, 2.05) is 25.1 Å². The van der Waals surface area contributed by atoms with Crippen LogP contribution in [0, 0.1) is 12.8 Å². The second-order valence-electron chi connectivity index (χ2n) is 5.37. The Morgan fingerprint density at radius 2 is 2.32 bits per heavy atom. The second kappa shape index (κ2) is 5.84. The third-order valence-electron chi connectivity index (χ3n) is 3.82. The Bertz CT molecular complexity index is 701. The number of rotatable bonds is 3. The van der Waals surface area contributed by atoms with Crippen molar-refractivity contribution in [2.75, 3.05) is 12.4 Å². The molecule has 2 atom stereocenters. The Balaban J connectivity index is 1.84. The maximum absolute atomic E-state index is 12.6. The molecule has 22 heavy (non-hydrogen) atoms. The zero-order valence-electron chi connectivity index (χ0n) is 12.3. The number of carbonyl (C=O) groups excluding carboxylic acids is 2. The first-order chi connectivity index (χ1) is 10.6. The van der Waals surface area contributed by atoms with Crippen LogP contribution >= 0.6 is 11.5 Å². The molecule has 3 rings (SSSR count). The van der Waals surface area contributed by atoms with Crippen LogP contribution in [0.5, 0.6) is 0 Å². The van der Waals surface area contributed by atoms with E-state index in [4.69, 9.17) is 0 Å². The van der Waals surface area contributed by atoms with Crippen LogP contribution in [0.25, 0.3) is 0 Å². The Labute approximate surface area is 132 Å². The van der Waals surface area contributed by atoms with Crippen molar-refractivity contribution < 1.29 is 9.59 Å². The lowest BCUT2D eigenvalue weighted by atomic mass is 9.94. The van der Waals surface area contributed by atoms with E-state index in [1.165, 1.54) is 11.5 Å². The highest BCUT2D eigenvalue weighted by atomic mass is 32.1. The van der Waals surface area contributed by atoms with Gasteiger partial charge in [0.25, 0.3) is 0 Å². The molecule has 2 amide bonds. The number of hydrogen-bond acceptors (Lipinski definition) is 5. The molecular formula is C15H16N4O2S. The summed E-state index contributed by atoms with van der Waals surface area (Å²) in [5, 5.41) is 3.57. The molecule has 1 N–H and O–H groups in total. The fraction of sp³-hybridized carbons (Fsp3) is 0.333. The molecule has 0 radical (unpaired) electrons. The maximum Gasteiger partial charge on any atom is 0.231 e. The van der Waals surface area contributed by atoms with Gasteiger partial charge in [0.15, 0.2) is 0 Å². The van der Waals surface area contributed by atoms with Crippen LogP contribution in [0.2, 0.25) is 0 Å². The molecule has 1 aliphatic heterocycles. The molecule has 114 valence electrons. The second-order valence-corrected chi connectivity index (χ2v) is 6.17. The van der Waals surface area contributed by atoms with Gasteiger partial charge >= 0.3 is 0 Å². The number of aromatic nitrogens is 2. The maximum atomic E-state index is 12.6. The molecule has 3 heterocycles. The van der Waals surface area contributed by atoms with Gasteiger partial charge in [-0.2, -0.15) is 4.37 Å². The summed E-state index contributed by atoms with van der Waals surface area (Å²) in [7, 11) is 1.73. The van der Waals surface area contributed by atoms with Crippen LogP contribution in [-0.4, -0.2) is 33.1 Å². The number of hydrogen-bond donors (Lipinski definition) is 1. The molecule has 0 bridgehead atoms. The fourth-order valence-corrected chi connectivity index (χ4v) is 3.41. The van der Waals surface area contributed by atoms with Crippen LogP contribution in [0.4, 0.5) is 5.00 Å². The molecule has 0 aromatic carbocycles. The van der Waals surface area contributed by atoms with E-state index in [0.717, 1.165) is 11.3 Å². The van der Waals surface area contributed by atoms with Crippen molar-refractivity contribution in [3.8, 4) is 0 Å². The number of nitrogens with zero attached hydrogens (tertiary/aromatic N) is 3. The van der Waals surface area contributed by atoms with E-state index >= 15 is 0 Å². The summed E-state index contributed by atoms with van der Waals surface area (Å²) in [6.45, 7) is 1.87. The van der Waals surface area contributed by atoms with E-state index in [0.29, 0.717) is 5.00 Å². The smallest absolute Gasteiger partial charge is 0.231 e. The quantitative estimate of drug-likeness (QED) is 0.940. The monoisotopic (exact) mass is 316 g/mol. The number of nitrogens with one attached hydrogen (secondary N) is 1. The van der Waals surface area contributed by atoms with Crippen molar-refractivity contribution in [1.82, 2.24) is 14.3 Å². The number of amides is 2. The zero-order valence-corrected chi connectivity index (χ0v) is 13.1. The lowest BCUT2D eigenvalue weighted by Crippen LogP contribution is -2.29. The highest BCUT2D eigenvalue weighted by Crippen LogP contribution is 2.37. The molecule has 2 aromatic rings. The van der Waals surface area contributed by atoms with Gasteiger partial charge in [-0.1, -0.05) is 6.07 Å². The van der Waals surface area contributed by atoms with Gasteiger partial charge in [-0.3, -0.25) is 14.6 Å². The predicted molar refractivity (Wildman–Crippen MR) is 83.3 cm³/mol. The molecule has 1 fully saturated rings. The Morgan fingerprint density at radius 3 is 2.95 bits per heavy atom. The number of pyridine rings is 1. The number of anilines is 1. The van der Waals surface area contributed by atoms with Gasteiger partial charge in [0.2, 0.25) is 11.8 Å². The zero-order chi connectivity index (χ0) is 15.7. The Morgan fingerprint density at radius 1 is 1.50 bits per heavy atom. The van der Waals surface area contributed by atoms with E-state index < -0.39 is 5.92 Å². The first kappa shape index (κ1) is 14.6. The van der Waals surface area contributed by atoms with Gasteiger partial charge < -0.3 is 10.2 Å². The molecule has 0 aliphatic carbocycles. The topological polar surface area (TPSA) is 75.2 Å². The van der Waals surface area contributed by atoms with Crippen LogP contribution in [0.1, 0.15) is 23.7 Å². The van der Waals surface area contributed by atoms with E-state index in [9.17, 15) is 9.59 Å². The number of likely N-dealkylation sites (tertiary alicyclic amines) is 1. The minimum Gasteiger partial charge on any atom is -0.338 e. The van der Waals surface area contributed by atoms with Gasteiger partial charge in [-0.05, 0) is 36.2 Å². The van der Waals surface area contributed by atoms with Crippen molar-refractivity contribution in [2.45, 2.75) is 19.4 Å². The molecule has 6 nitrogen and oxygen atoms in total. The molecule has 0 saturated carbocycles. The van der Waals surface area contributed by atoms with Crippen LogP contribution in [0.3, 0.4) is 0 Å². The summed E-state index contributed by atoms with van der Waals surface area (Å²) < 4.78 is 4.14. The van der Waals surface area contributed by atoms with Crippen molar-refractivity contribution in [3.05, 3.63) is 41.9 Å². The normalized spacial score (nSPS) is 21.2. The molecule has 2 aromatic heterocycles. The van der Waals surface area contributed by atoms with E-state index in [1.54, 1.807) is 24.3 Å². The van der Waals surface area contributed by atoms with Gasteiger partial charge in [0, 0.05) is 25.9 Å². The third-order valence-corrected chi connectivity index (χ3v) is 4.62. The summed E-state index contributed by atoms with van der Waals surface area (Å²) in [6, 6.07) is 5.25. The van der Waals surface area contributed by atoms with Crippen molar-refractivity contribution in [1.29, 1.82) is 0 Å². The van der Waals surface area contributed by atoms with Crippen LogP contribution in [0.15, 0.2) is 30.6 Å². The van der Waals surface area contributed by atoms with E-state index in [-0.39, 0.29) is 24.3 Å². The van der Waals surface area contributed by atoms with Crippen molar-refractivity contribution in [3.63, 3.8) is 0 Å². The Hall–Kier alpha value is -2.28. The highest BCUT2D eigenvalue weighted by Gasteiger charge is 2.42. The minimum atomic E-state index is -0.427. The molecular weight excluding hydrogens is 300 g/mol. The van der Waals surface area contributed by atoms with Crippen molar-refractivity contribution >= 4 is 28.3 Å². The highest BCUT2D eigenvalue weighted by molar-refractivity contribution is 7.10. The fourth-order valence-electron chi connectivity index (χ4n) is 2.75. The first-order valence-corrected chi connectivity index (χ1v) is 7.73. The largest absolute Gasteiger partial charge is 0.338 e. The van der Waals surface area contributed by atoms with Crippen LogP contribution < -0.4 is 5.32 Å². The van der Waals surface area contributed by atoms with Crippen LogP contribution in [-0.2, 0) is 9.59 Å². The van der Waals surface area contributed by atoms with Gasteiger partial charge in [0.1, 0.15) is 5.00 Å². The standard InChI is InChI=1S/C15H16N4O2S/c1-9-6-12(22-18-9)17-15(21)11-7-13(20)19(2)14(11)10-4-3-5-16-8-10/h3-6,8,11,14H,7H2,1-2H3,(H,17,21). The summed E-state index contributed by atoms with van der Waals surface area (Å²) in [6.07, 6.45) is 3.59. The van der Waals surface area contributed by atoms with Gasteiger partial charge in [0.05, 0.1) is 17.7 Å². The molecule has 0 spiro atoms. The SMILES string of the molecule is Cc1cc(NC(=O)C2CC(=O)N(C)C2c2cccnc2)sn1. The minimum absolute atomic E-state index is 0.0329. The number of carbonyl (C=O) groups is 2. The number of aryl methyl sites for hydroxylation is 1. The van der Waals surface area contributed by atoms with Crippen molar-refractivity contribution in [2.24, 2.45) is 5.92 Å². The summed E-state index contributed by atoms with van der Waals surface area (Å²) in [4.78, 5) is 30.3. The van der Waals surface area contributed by atoms with Gasteiger partial charge in [-0.15, -0.1) is 0 Å². The summed E-state index contributed by atoms with van der Waals surface area (Å²) in [5.74, 6) is -0.617. The molecule has 2 unspecified atom stereocenters. The average Bonchev–Trinajstić information content (AvgIpc) is 3.04. The Kier molecular flexibility index (Phi) is 3.89. The lowest BCUT2D eigenvalue weighted by molar-refractivity contribution is -0.127. The predicted octanol–water partition coefficient (Wildman–Crippen LogP) is 2.00.